The third-order valence-corrected chi connectivity index (χ3v) is 3.71. The van der Waals surface area contributed by atoms with Crippen LogP contribution in [0.4, 0.5) is 4.79 Å². The number of rotatable bonds is 9. The van der Waals surface area contributed by atoms with Crippen LogP contribution in [0, 0.1) is 0 Å². The number of methoxy groups -OCH3 is 2. The van der Waals surface area contributed by atoms with Crippen LogP contribution in [0.5, 0.6) is 0 Å². The summed E-state index contributed by atoms with van der Waals surface area (Å²) in [6.07, 6.45) is 0.180. The highest BCUT2D eigenvalue weighted by Gasteiger charge is 2.28. The van der Waals surface area contributed by atoms with Gasteiger partial charge in [-0.3, -0.25) is 4.79 Å². The monoisotopic (exact) mass is 394 g/mol. The summed E-state index contributed by atoms with van der Waals surface area (Å²) in [5.41, 5.74) is 0.322. The van der Waals surface area contributed by atoms with Crippen molar-refractivity contribution < 1.29 is 28.6 Å². The van der Waals surface area contributed by atoms with Crippen molar-refractivity contribution in [1.82, 2.24) is 10.6 Å². The molecule has 0 saturated carbocycles. The fourth-order valence-electron chi connectivity index (χ4n) is 2.42. The predicted octanol–water partition coefficient (Wildman–Crippen LogP) is 1.82. The van der Waals surface area contributed by atoms with Crippen molar-refractivity contribution in [3.63, 3.8) is 0 Å². The van der Waals surface area contributed by atoms with E-state index in [2.05, 4.69) is 15.4 Å². The van der Waals surface area contributed by atoms with E-state index in [9.17, 15) is 14.4 Å². The normalized spacial score (nSPS) is 13.2. The highest BCUT2D eigenvalue weighted by Crippen LogP contribution is 2.09. The van der Waals surface area contributed by atoms with Crippen molar-refractivity contribution in [2.45, 2.75) is 51.3 Å². The number of nitrogens with one attached hydrogen (secondary N) is 2. The van der Waals surface area contributed by atoms with Crippen molar-refractivity contribution in [2.75, 3.05) is 20.8 Å². The number of hydrogen-bond donors (Lipinski definition) is 2. The number of benzene rings is 1. The minimum absolute atomic E-state index is 0.0454. The Labute approximate surface area is 165 Å². The van der Waals surface area contributed by atoms with E-state index in [0.717, 1.165) is 5.56 Å². The molecule has 0 bridgehead atoms. The van der Waals surface area contributed by atoms with Gasteiger partial charge in [0.1, 0.15) is 11.6 Å². The molecule has 0 fully saturated rings. The van der Waals surface area contributed by atoms with Crippen LogP contribution in [0.2, 0.25) is 0 Å². The molecular weight excluding hydrogens is 364 g/mol. The van der Waals surface area contributed by atoms with Crippen LogP contribution in [0.3, 0.4) is 0 Å². The standard InChI is InChI=1S/C20H30N2O6/c1-20(2,3)28-19(25)22-15(12-11-14-9-7-6-8-10-14)17(23)21-16(13-26-4)18(24)27-5/h6-10,15-16H,11-13H2,1-5H3,(H,21,23)(H,22,25)/t15-,16?/m0/s1. The molecule has 8 heteroatoms. The molecule has 0 aliphatic rings. The van der Waals surface area contributed by atoms with Crippen LogP contribution >= 0.6 is 0 Å². The number of carbonyl (C=O) groups excluding carboxylic acids is 3. The number of aryl methyl sites for hydroxylation is 1. The maximum atomic E-state index is 12.7. The Bertz CT molecular complexity index is 642. The second-order valence-electron chi connectivity index (χ2n) is 7.26. The van der Waals surface area contributed by atoms with Crippen LogP contribution in [-0.4, -0.2) is 56.5 Å². The van der Waals surface area contributed by atoms with Gasteiger partial charge < -0.3 is 24.8 Å². The fraction of sp³-hybridized carbons (Fsp3) is 0.550. The average Bonchev–Trinajstić information content (AvgIpc) is 2.63. The van der Waals surface area contributed by atoms with Crippen molar-refractivity contribution in [3.05, 3.63) is 35.9 Å². The zero-order chi connectivity index (χ0) is 21.2. The van der Waals surface area contributed by atoms with Crippen LogP contribution in [0.1, 0.15) is 32.8 Å². The molecule has 0 aliphatic carbocycles. The second kappa shape index (κ2) is 11.3. The van der Waals surface area contributed by atoms with E-state index in [-0.39, 0.29) is 6.61 Å². The summed E-state index contributed by atoms with van der Waals surface area (Å²) in [7, 11) is 2.64. The molecule has 28 heavy (non-hydrogen) atoms. The highest BCUT2D eigenvalue weighted by atomic mass is 16.6. The molecule has 0 aliphatic heterocycles. The van der Waals surface area contributed by atoms with Crippen LogP contribution in [0.25, 0.3) is 0 Å². The van der Waals surface area contributed by atoms with Gasteiger partial charge in [-0.15, -0.1) is 0 Å². The first kappa shape index (κ1) is 23.4. The lowest BCUT2D eigenvalue weighted by Gasteiger charge is -2.24. The summed E-state index contributed by atoms with van der Waals surface area (Å²) in [6.45, 7) is 5.16. The number of alkyl carbamates (subject to hydrolysis) is 1. The second-order valence-corrected chi connectivity index (χ2v) is 7.26. The molecule has 1 unspecified atom stereocenters. The quantitative estimate of drug-likeness (QED) is 0.619. The van der Waals surface area contributed by atoms with Gasteiger partial charge in [-0.05, 0) is 39.2 Å². The summed E-state index contributed by atoms with van der Waals surface area (Å²) < 4.78 is 14.9. The molecule has 0 aromatic heterocycles. The molecule has 1 aromatic rings. The Morgan fingerprint density at radius 1 is 1.00 bits per heavy atom. The van der Waals surface area contributed by atoms with E-state index in [4.69, 9.17) is 9.47 Å². The fourth-order valence-corrected chi connectivity index (χ4v) is 2.42. The lowest BCUT2D eigenvalue weighted by molar-refractivity contribution is -0.146. The number of amides is 2. The molecule has 0 radical (unpaired) electrons. The first-order chi connectivity index (χ1) is 13.2. The van der Waals surface area contributed by atoms with Crippen LogP contribution in [-0.2, 0) is 30.2 Å². The highest BCUT2D eigenvalue weighted by molar-refractivity contribution is 5.89. The van der Waals surface area contributed by atoms with Gasteiger partial charge in [0, 0.05) is 7.11 Å². The van der Waals surface area contributed by atoms with E-state index in [1.54, 1.807) is 20.8 Å². The van der Waals surface area contributed by atoms with E-state index in [1.807, 2.05) is 30.3 Å². The van der Waals surface area contributed by atoms with Crippen molar-refractivity contribution >= 4 is 18.0 Å². The zero-order valence-corrected chi connectivity index (χ0v) is 17.1. The van der Waals surface area contributed by atoms with Crippen LogP contribution in [0.15, 0.2) is 30.3 Å². The van der Waals surface area contributed by atoms with Gasteiger partial charge in [0.05, 0.1) is 13.7 Å². The zero-order valence-electron chi connectivity index (χ0n) is 17.1. The third kappa shape index (κ3) is 8.85. The Hall–Kier alpha value is -2.61. The minimum Gasteiger partial charge on any atom is -0.467 e. The van der Waals surface area contributed by atoms with E-state index in [1.165, 1.54) is 14.2 Å². The van der Waals surface area contributed by atoms with E-state index >= 15 is 0 Å². The molecule has 8 nitrogen and oxygen atoms in total. The van der Waals surface area contributed by atoms with E-state index in [0.29, 0.717) is 12.8 Å². The number of ether oxygens (including phenoxy) is 3. The molecule has 1 aromatic carbocycles. The molecule has 156 valence electrons. The van der Waals surface area contributed by atoms with Gasteiger partial charge in [-0.2, -0.15) is 0 Å². The van der Waals surface area contributed by atoms with Crippen molar-refractivity contribution in [2.24, 2.45) is 0 Å². The molecule has 0 saturated heterocycles. The molecule has 0 heterocycles. The molecule has 2 amide bonds. The molecular formula is C20H30N2O6. The SMILES string of the molecule is COCC(NC(=O)[C@H](CCc1ccccc1)NC(=O)OC(C)(C)C)C(=O)OC. The summed E-state index contributed by atoms with van der Waals surface area (Å²) >= 11 is 0. The van der Waals surface area contributed by atoms with Gasteiger partial charge in [0.25, 0.3) is 0 Å². The van der Waals surface area contributed by atoms with Gasteiger partial charge >= 0.3 is 12.1 Å². The lowest BCUT2D eigenvalue weighted by Crippen LogP contribution is -2.53. The maximum absolute atomic E-state index is 12.7. The number of esters is 1. The van der Waals surface area contributed by atoms with Gasteiger partial charge in [-0.25, -0.2) is 9.59 Å². The smallest absolute Gasteiger partial charge is 0.408 e. The lowest BCUT2D eigenvalue weighted by atomic mass is 10.0. The maximum Gasteiger partial charge on any atom is 0.408 e. The Balaban J connectivity index is 2.85. The Morgan fingerprint density at radius 2 is 1.64 bits per heavy atom. The Kier molecular flexibility index (Phi) is 9.44. The number of hydrogen-bond acceptors (Lipinski definition) is 6. The largest absolute Gasteiger partial charge is 0.467 e. The summed E-state index contributed by atoms with van der Waals surface area (Å²) in [5, 5.41) is 5.15. The molecule has 2 N–H and O–H groups in total. The van der Waals surface area contributed by atoms with Crippen LogP contribution < -0.4 is 10.6 Å². The number of carbonyl (C=O) groups is 3. The van der Waals surface area contributed by atoms with Gasteiger partial charge in [-0.1, -0.05) is 30.3 Å². The Morgan fingerprint density at radius 3 is 2.18 bits per heavy atom. The topological polar surface area (TPSA) is 103 Å². The first-order valence-electron chi connectivity index (χ1n) is 9.07. The van der Waals surface area contributed by atoms with Crippen molar-refractivity contribution in [1.29, 1.82) is 0 Å². The van der Waals surface area contributed by atoms with Gasteiger partial charge in [0.2, 0.25) is 5.91 Å². The minimum atomic E-state index is -0.970. The molecule has 0 spiro atoms. The first-order valence-corrected chi connectivity index (χ1v) is 9.07. The average molecular weight is 394 g/mol. The third-order valence-electron chi connectivity index (χ3n) is 3.71. The van der Waals surface area contributed by atoms with E-state index < -0.39 is 35.7 Å². The van der Waals surface area contributed by atoms with Crippen molar-refractivity contribution in [3.8, 4) is 0 Å². The summed E-state index contributed by atoms with van der Waals surface area (Å²) in [6, 6.07) is 7.71. The molecule has 1 rings (SSSR count). The predicted molar refractivity (Wildman–Crippen MR) is 104 cm³/mol. The van der Waals surface area contributed by atoms with Gasteiger partial charge in [0.15, 0.2) is 6.04 Å². The summed E-state index contributed by atoms with van der Waals surface area (Å²) in [5.74, 6) is -1.15. The molecule has 2 atom stereocenters. The summed E-state index contributed by atoms with van der Waals surface area (Å²) in [4.78, 5) is 36.7.